The molecule has 3 rings (SSSR count). The highest BCUT2D eigenvalue weighted by Gasteiger charge is 2.39. The first-order chi connectivity index (χ1) is 11.1. The predicted octanol–water partition coefficient (Wildman–Crippen LogP) is 2.12. The minimum Gasteiger partial charge on any atom is -0.491 e. The minimum atomic E-state index is 0.0300. The molecule has 23 heavy (non-hydrogen) atoms. The first-order valence-electron chi connectivity index (χ1n) is 8.50. The van der Waals surface area contributed by atoms with E-state index in [4.69, 9.17) is 15.2 Å². The molecule has 0 aromatic heterocycles. The number of amides is 1. The Labute approximate surface area is 137 Å². The lowest BCUT2D eigenvalue weighted by Gasteiger charge is -2.38. The van der Waals surface area contributed by atoms with Crippen molar-refractivity contribution >= 4 is 5.91 Å². The molecule has 0 aliphatic carbocycles. The summed E-state index contributed by atoms with van der Waals surface area (Å²) < 4.78 is 11.6. The normalized spacial score (nSPS) is 20.0. The van der Waals surface area contributed by atoms with E-state index in [9.17, 15) is 4.79 Å². The van der Waals surface area contributed by atoms with Crippen LogP contribution in [0.2, 0.25) is 0 Å². The van der Waals surface area contributed by atoms with Gasteiger partial charge in [0.25, 0.3) is 5.91 Å². The zero-order valence-corrected chi connectivity index (χ0v) is 13.8. The van der Waals surface area contributed by atoms with Crippen LogP contribution in [0.5, 0.6) is 5.75 Å². The largest absolute Gasteiger partial charge is 0.491 e. The van der Waals surface area contributed by atoms with Crippen LogP contribution in [0.1, 0.15) is 41.6 Å². The van der Waals surface area contributed by atoms with Gasteiger partial charge in [-0.05, 0) is 44.7 Å². The molecular formula is C18H26N2O3. The Morgan fingerprint density at radius 1 is 1.35 bits per heavy atom. The molecular weight excluding hydrogens is 292 g/mol. The second kappa shape index (κ2) is 6.89. The predicted molar refractivity (Wildman–Crippen MR) is 88.8 cm³/mol. The molecule has 5 heteroatoms. The summed E-state index contributed by atoms with van der Waals surface area (Å²) in [6, 6.07) is 5.73. The summed E-state index contributed by atoms with van der Waals surface area (Å²) >= 11 is 0. The Bertz CT molecular complexity index is 557. The van der Waals surface area contributed by atoms with Crippen molar-refractivity contribution < 1.29 is 14.3 Å². The molecule has 2 saturated heterocycles. The molecule has 0 bridgehead atoms. The number of carbonyl (C=O) groups is 1. The number of piperidine rings is 1. The minimum absolute atomic E-state index is 0.0300. The van der Waals surface area contributed by atoms with E-state index in [0.717, 1.165) is 50.9 Å². The number of nitrogens with zero attached hydrogens (tertiary/aromatic N) is 1. The van der Waals surface area contributed by atoms with E-state index in [1.165, 1.54) is 0 Å². The Balaban J connectivity index is 1.71. The quantitative estimate of drug-likeness (QED) is 0.923. The lowest BCUT2D eigenvalue weighted by molar-refractivity contribution is -0.0387. The summed E-state index contributed by atoms with van der Waals surface area (Å²) in [5.41, 5.74) is 7.23. The number of carbonyl (C=O) groups excluding carboxylic acids is 1. The van der Waals surface area contributed by atoms with Crippen molar-refractivity contribution in [3.63, 3.8) is 0 Å². The van der Waals surface area contributed by atoms with Gasteiger partial charge in [-0.3, -0.25) is 4.79 Å². The Hall–Kier alpha value is -1.59. The molecule has 1 amide bonds. The van der Waals surface area contributed by atoms with Crippen molar-refractivity contribution in [2.45, 2.75) is 38.2 Å². The molecule has 0 saturated carbocycles. The molecule has 0 atom stereocenters. The number of nitrogens with two attached hydrogens (primary N) is 1. The highest BCUT2D eigenvalue weighted by molar-refractivity contribution is 5.97. The van der Waals surface area contributed by atoms with E-state index < -0.39 is 0 Å². The third-order valence-electron chi connectivity index (χ3n) is 4.89. The summed E-state index contributed by atoms with van der Waals surface area (Å²) in [7, 11) is 0. The summed E-state index contributed by atoms with van der Waals surface area (Å²) in [6.45, 7) is 5.21. The topological polar surface area (TPSA) is 64.8 Å². The van der Waals surface area contributed by atoms with Crippen LogP contribution in [-0.4, -0.2) is 49.3 Å². The number of rotatable bonds is 4. The number of aryl methyl sites for hydroxylation is 1. The average Bonchev–Trinajstić information content (AvgIpc) is 3.02. The van der Waals surface area contributed by atoms with Gasteiger partial charge in [0.1, 0.15) is 12.4 Å². The molecule has 126 valence electrons. The second-order valence-corrected chi connectivity index (χ2v) is 6.56. The smallest absolute Gasteiger partial charge is 0.257 e. The summed E-state index contributed by atoms with van der Waals surface area (Å²) in [5.74, 6) is 0.678. The van der Waals surface area contributed by atoms with E-state index in [1.807, 2.05) is 30.0 Å². The van der Waals surface area contributed by atoms with Crippen molar-refractivity contribution in [3.05, 3.63) is 29.3 Å². The van der Waals surface area contributed by atoms with Gasteiger partial charge < -0.3 is 20.1 Å². The number of likely N-dealkylation sites (tertiary alicyclic amines) is 1. The summed E-state index contributed by atoms with van der Waals surface area (Å²) in [6.07, 6.45) is 4.14. The van der Waals surface area contributed by atoms with Crippen LogP contribution in [0.3, 0.4) is 0 Å². The van der Waals surface area contributed by atoms with Gasteiger partial charge in [-0.25, -0.2) is 0 Å². The third-order valence-corrected chi connectivity index (χ3v) is 4.89. The molecule has 5 nitrogen and oxygen atoms in total. The van der Waals surface area contributed by atoms with Gasteiger partial charge >= 0.3 is 0 Å². The Morgan fingerprint density at radius 2 is 2.13 bits per heavy atom. The van der Waals surface area contributed by atoms with Crippen LogP contribution >= 0.6 is 0 Å². The Morgan fingerprint density at radius 3 is 2.78 bits per heavy atom. The van der Waals surface area contributed by atoms with Crippen LogP contribution in [0.4, 0.5) is 0 Å². The van der Waals surface area contributed by atoms with Gasteiger partial charge in [0.05, 0.1) is 11.2 Å². The molecule has 2 heterocycles. The lowest BCUT2D eigenvalue weighted by atomic mass is 9.88. The van der Waals surface area contributed by atoms with Gasteiger partial charge in [-0.1, -0.05) is 11.6 Å². The fourth-order valence-electron chi connectivity index (χ4n) is 3.54. The standard InChI is InChI=1S/C18H26N2O3/c1-14-3-4-16(22-12-8-19)15(13-14)17(21)20-9-6-18(7-10-20)5-2-11-23-18/h3-4,13H,2,5-12,19H2,1H3. The zero-order chi connectivity index (χ0) is 16.3. The fraction of sp³-hybridized carbons (Fsp3) is 0.611. The molecule has 1 aromatic rings. The third kappa shape index (κ3) is 3.51. The Kier molecular flexibility index (Phi) is 4.87. The van der Waals surface area contributed by atoms with Gasteiger partial charge in [0.2, 0.25) is 0 Å². The number of hydrogen-bond acceptors (Lipinski definition) is 4. The molecule has 2 aliphatic rings. The van der Waals surface area contributed by atoms with E-state index in [-0.39, 0.29) is 11.5 Å². The molecule has 1 aromatic carbocycles. The number of benzene rings is 1. The van der Waals surface area contributed by atoms with E-state index in [2.05, 4.69) is 0 Å². The molecule has 0 radical (unpaired) electrons. The summed E-state index contributed by atoms with van der Waals surface area (Å²) in [4.78, 5) is 14.8. The van der Waals surface area contributed by atoms with Crippen molar-refractivity contribution in [1.29, 1.82) is 0 Å². The van der Waals surface area contributed by atoms with Crippen molar-refractivity contribution in [3.8, 4) is 5.75 Å². The maximum atomic E-state index is 12.9. The van der Waals surface area contributed by atoms with Gasteiger partial charge in [-0.2, -0.15) is 0 Å². The van der Waals surface area contributed by atoms with Crippen LogP contribution in [0, 0.1) is 6.92 Å². The zero-order valence-electron chi connectivity index (χ0n) is 13.8. The number of hydrogen-bond donors (Lipinski definition) is 1. The SMILES string of the molecule is Cc1ccc(OCCN)c(C(=O)N2CCC3(CCCO3)CC2)c1. The van der Waals surface area contributed by atoms with Crippen LogP contribution in [-0.2, 0) is 4.74 Å². The number of ether oxygens (including phenoxy) is 2. The fourth-order valence-corrected chi connectivity index (χ4v) is 3.54. The van der Waals surface area contributed by atoms with Gasteiger partial charge in [0, 0.05) is 26.2 Å². The molecule has 1 spiro atoms. The van der Waals surface area contributed by atoms with Crippen LogP contribution < -0.4 is 10.5 Å². The van der Waals surface area contributed by atoms with Gasteiger partial charge in [-0.15, -0.1) is 0 Å². The average molecular weight is 318 g/mol. The molecule has 2 aliphatic heterocycles. The highest BCUT2D eigenvalue weighted by Crippen LogP contribution is 2.36. The lowest BCUT2D eigenvalue weighted by Crippen LogP contribution is -2.46. The molecule has 2 N–H and O–H groups in total. The van der Waals surface area contributed by atoms with Crippen molar-refractivity contribution in [1.82, 2.24) is 4.90 Å². The second-order valence-electron chi connectivity index (χ2n) is 6.56. The first-order valence-corrected chi connectivity index (χ1v) is 8.50. The molecule has 0 unspecified atom stereocenters. The molecule has 2 fully saturated rings. The van der Waals surface area contributed by atoms with Gasteiger partial charge in [0.15, 0.2) is 0 Å². The van der Waals surface area contributed by atoms with Crippen LogP contribution in [0.25, 0.3) is 0 Å². The maximum absolute atomic E-state index is 12.9. The van der Waals surface area contributed by atoms with Crippen molar-refractivity contribution in [2.75, 3.05) is 32.8 Å². The van der Waals surface area contributed by atoms with Crippen molar-refractivity contribution in [2.24, 2.45) is 5.73 Å². The highest BCUT2D eigenvalue weighted by atomic mass is 16.5. The maximum Gasteiger partial charge on any atom is 0.257 e. The first kappa shape index (κ1) is 16.3. The monoisotopic (exact) mass is 318 g/mol. The van der Waals surface area contributed by atoms with E-state index in [0.29, 0.717) is 24.5 Å². The van der Waals surface area contributed by atoms with Crippen LogP contribution in [0.15, 0.2) is 18.2 Å². The van der Waals surface area contributed by atoms with E-state index >= 15 is 0 Å². The summed E-state index contributed by atoms with van der Waals surface area (Å²) in [5, 5.41) is 0. The van der Waals surface area contributed by atoms with E-state index in [1.54, 1.807) is 0 Å².